The summed E-state index contributed by atoms with van der Waals surface area (Å²) >= 11 is 0. The first kappa shape index (κ1) is 15.5. The molecule has 21 heavy (non-hydrogen) atoms. The van der Waals surface area contributed by atoms with Crippen LogP contribution in [0.25, 0.3) is 0 Å². The van der Waals surface area contributed by atoms with Crippen LogP contribution in [0.1, 0.15) is 39.3 Å². The number of carbonyl (C=O) groups is 2. The lowest BCUT2D eigenvalue weighted by atomic mass is 9.99. The van der Waals surface area contributed by atoms with Gasteiger partial charge in [-0.3, -0.25) is 14.6 Å². The first-order valence-electron chi connectivity index (χ1n) is 7.41. The summed E-state index contributed by atoms with van der Waals surface area (Å²) in [5.74, 6) is -0.263. The number of rotatable bonds is 5. The maximum Gasteiger partial charge on any atom is 0.225 e. The van der Waals surface area contributed by atoms with Crippen LogP contribution in [0.5, 0.6) is 0 Å². The third kappa shape index (κ3) is 4.03. The quantitative estimate of drug-likeness (QED) is 0.898. The van der Waals surface area contributed by atoms with Crippen LogP contribution in [-0.4, -0.2) is 33.8 Å². The molecule has 2 amide bonds. The minimum absolute atomic E-state index is 0.0232. The number of nitrogens with zero attached hydrogens (tertiary/aromatic N) is 2. The van der Waals surface area contributed by atoms with Gasteiger partial charge in [-0.25, -0.2) is 0 Å². The zero-order chi connectivity index (χ0) is 15.5. The minimum atomic E-state index is -0.257. The summed E-state index contributed by atoms with van der Waals surface area (Å²) in [6.07, 6.45) is 2.86. The second-order valence-corrected chi connectivity index (χ2v) is 6.22. The molecule has 0 aliphatic carbocycles. The van der Waals surface area contributed by atoms with Crippen LogP contribution in [0.4, 0.5) is 0 Å². The maximum atomic E-state index is 12.3. The molecule has 1 N–H and O–H groups in total. The topological polar surface area (TPSA) is 62.3 Å². The smallest absolute Gasteiger partial charge is 0.225 e. The van der Waals surface area contributed by atoms with E-state index in [4.69, 9.17) is 0 Å². The first-order chi connectivity index (χ1) is 9.91. The molecule has 0 aromatic carbocycles. The van der Waals surface area contributed by atoms with Gasteiger partial charge in [-0.2, -0.15) is 0 Å². The molecule has 1 aromatic rings. The fraction of sp³-hybridized carbons (Fsp3) is 0.562. The standard InChI is InChI=1S/C16H23N3O2/c1-4-16(2,3)18-15(21)12-9-14(20)19(10-12)11-13-7-5-6-8-17-13/h5-8,12H,4,9-11H2,1-3H3,(H,18,21). The van der Waals surface area contributed by atoms with Crippen LogP contribution in [-0.2, 0) is 16.1 Å². The molecule has 2 heterocycles. The Kier molecular flexibility index (Phi) is 4.60. The highest BCUT2D eigenvalue weighted by molar-refractivity contribution is 5.89. The Balaban J connectivity index is 1.95. The highest BCUT2D eigenvalue weighted by Crippen LogP contribution is 2.21. The lowest BCUT2D eigenvalue weighted by molar-refractivity contribution is -0.129. The summed E-state index contributed by atoms with van der Waals surface area (Å²) in [7, 11) is 0. The molecule has 0 bridgehead atoms. The number of hydrogen-bond donors (Lipinski definition) is 1. The first-order valence-corrected chi connectivity index (χ1v) is 7.41. The van der Waals surface area contributed by atoms with Gasteiger partial charge in [0.1, 0.15) is 0 Å². The molecule has 1 aliphatic rings. The number of carbonyl (C=O) groups excluding carboxylic acids is 2. The van der Waals surface area contributed by atoms with Crippen LogP contribution < -0.4 is 5.32 Å². The van der Waals surface area contributed by atoms with E-state index in [0.717, 1.165) is 12.1 Å². The van der Waals surface area contributed by atoms with Crippen molar-refractivity contribution in [2.45, 2.75) is 45.7 Å². The Morgan fingerprint density at radius 1 is 1.48 bits per heavy atom. The van der Waals surface area contributed by atoms with Gasteiger partial charge < -0.3 is 10.2 Å². The lowest BCUT2D eigenvalue weighted by Crippen LogP contribution is -2.46. The maximum absolute atomic E-state index is 12.3. The Bertz CT molecular complexity index is 514. The zero-order valence-corrected chi connectivity index (χ0v) is 12.9. The van der Waals surface area contributed by atoms with Crippen molar-refractivity contribution < 1.29 is 9.59 Å². The van der Waals surface area contributed by atoms with Gasteiger partial charge in [-0.05, 0) is 32.4 Å². The molecule has 1 fully saturated rings. The molecule has 114 valence electrons. The van der Waals surface area contributed by atoms with Crippen LogP contribution in [0.3, 0.4) is 0 Å². The summed E-state index contributed by atoms with van der Waals surface area (Å²) in [6.45, 7) is 6.97. The highest BCUT2D eigenvalue weighted by Gasteiger charge is 2.35. The highest BCUT2D eigenvalue weighted by atomic mass is 16.2. The largest absolute Gasteiger partial charge is 0.351 e. The summed E-state index contributed by atoms with van der Waals surface area (Å²) < 4.78 is 0. The molecule has 2 rings (SSSR count). The van der Waals surface area contributed by atoms with Gasteiger partial charge in [0.2, 0.25) is 11.8 Å². The van der Waals surface area contributed by atoms with E-state index in [1.54, 1.807) is 11.1 Å². The molecule has 0 saturated carbocycles. The number of pyridine rings is 1. The third-order valence-corrected chi connectivity index (χ3v) is 4.01. The number of aromatic nitrogens is 1. The number of amides is 2. The molecule has 0 radical (unpaired) electrons. The van der Waals surface area contributed by atoms with Gasteiger partial charge in [0, 0.05) is 24.7 Å². The average molecular weight is 289 g/mol. The predicted molar refractivity (Wildman–Crippen MR) is 80.3 cm³/mol. The Morgan fingerprint density at radius 3 is 2.86 bits per heavy atom. The molecular weight excluding hydrogens is 266 g/mol. The number of likely N-dealkylation sites (tertiary alicyclic amines) is 1. The molecule has 0 spiro atoms. The van der Waals surface area contributed by atoms with Gasteiger partial charge in [0.15, 0.2) is 0 Å². The number of hydrogen-bond acceptors (Lipinski definition) is 3. The predicted octanol–water partition coefficient (Wildman–Crippen LogP) is 1.73. The van der Waals surface area contributed by atoms with Gasteiger partial charge in [-0.15, -0.1) is 0 Å². The molecule has 1 saturated heterocycles. The SMILES string of the molecule is CCC(C)(C)NC(=O)C1CC(=O)N(Cc2ccccn2)C1. The van der Waals surface area contributed by atoms with Crippen molar-refractivity contribution in [2.24, 2.45) is 5.92 Å². The lowest BCUT2D eigenvalue weighted by Gasteiger charge is -2.26. The van der Waals surface area contributed by atoms with E-state index in [9.17, 15) is 9.59 Å². The molecule has 1 aromatic heterocycles. The van der Waals surface area contributed by atoms with Gasteiger partial charge in [0.25, 0.3) is 0 Å². The van der Waals surface area contributed by atoms with Crippen molar-refractivity contribution in [1.29, 1.82) is 0 Å². The summed E-state index contributed by atoms with van der Waals surface area (Å²) in [5, 5.41) is 3.02. The fourth-order valence-corrected chi connectivity index (χ4v) is 2.31. The van der Waals surface area contributed by atoms with E-state index < -0.39 is 0 Å². The van der Waals surface area contributed by atoms with Crippen LogP contribution in [0.15, 0.2) is 24.4 Å². The van der Waals surface area contributed by atoms with E-state index in [2.05, 4.69) is 10.3 Å². The molecule has 5 nitrogen and oxygen atoms in total. The van der Waals surface area contributed by atoms with E-state index in [1.165, 1.54) is 0 Å². The Morgan fingerprint density at radius 2 is 2.24 bits per heavy atom. The third-order valence-electron chi connectivity index (χ3n) is 4.01. The van der Waals surface area contributed by atoms with E-state index in [-0.39, 0.29) is 23.3 Å². The summed E-state index contributed by atoms with van der Waals surface area (Å²) in [4.78, 5) is 30.2. The monoisotopic (exact) mass is 289 g/mol. The second kappa shape index (κ2) is 6.24. The fourth-order valence-electron chi connectivity index (χ4n) is 2.31. The van der Waals surface area contributed by atoms with Gasteiger partial charge in [0.05, 0.1) is 18.2 Å². The van der Waals surface area contributed by atoms with E-state index in [1.807, 2.05) is 39.0 Å². The van der Waals surface area contributed by atoms with Crippen molar-refractivity contribution in [3.8, 4) is 0 Å². The van der Waals surface area contributed by atoms with Crippen LogP contribution in [0.2, 0.25) is 0 Å². The number of nitrogens with one attached hydrogen (secondary N) is 1. The molecule has 1 atom stereocenters. The molecular formula is C16H23N3O2. The Labute approximate surface area is 125 Å². The molecule has 1 aliphatic heterocycles. The van der Waals surface area contributed by atoms with Crippen molar-refractivity contribution in [3.63, 3.8) is 0 Å². The van der Waals surface area contributed by atoms with Crippen molar-refractivity contribution in [2.75, 3.05) is 6.54 Å². The minimum Gasteiger partial charge on any atom is -0.351 e. The molecule has 1 unspecified atom stereocenters. The summed E-state index contributed by atoms with van der Waals surface area (Å²) in [6, 6.07) is 5.64. The van der Waals surface area contributed by atoms with Crippen molar-refractivity contribution in [1.82, 2.24) is 15.2 Å². The van der Waals surface area contributed by atoms with Crippen LogP contribution >= 0.6 is 0 Å². The zero-order valence-electron chi connectivity index (χ0n) is 12.9. The Hall–Kier alpha value is -1.91. The summed E-state index contributed by atoms with van der Waals surface area (Å²) in [5.41, 5.74) is 0.620. The average Bonchev–Trinajstić information content (AvgIpc) is 2.81. The van der Waals surface area contributed by atoms with E-state index >= 15 is 0 Å². The van der Waals surface area contributed by atoms with E-state index in [0.29, 0.717) is 19.5 Å². The van der Waals surface area contributed by atoms with Crippen molar-refractivity contribution in [3.05, 3.63) is 30.1 Å². The van der Waals surface area contributed by atoms with Crippen LogP contribution in [0, 0.1) is 5.92 Å². The molecule has 5 heteroatoms. The van der Waals surface area contributed by atoms with Gasteiger partial charge >= 0.3 is 0 Å². The van der Waals surface area contributed by atoms with Crippen molar-refractivity contribution >= 4 is 11.8 Å². The second-order valence-electron chi connectivity index (χ2n) is 6.22. The normalized spacial score (nSPS) is 18.9. The van der Waals surface area contributed by atoms with Gasteiger partial charge in [-0.1, -0.05) is 13.0 Å².